The Morgan fingerprint density at radius 1 is 1.11 bits per heavy atom. The number of benzene rings is 2. The molecule has 0 aliphatic carbocycles. The van der Waals surface area contributed by atoms with E-state index in [0.29, 0.717) is 10.0 Å². The molecule has 8 heteroatoms. The number of sulfonamides is 1. The van der Waals surface area contributed by atoms with Gasteiger partial charge >= 0.3 is 0 Å². The van der Waals surface area contributed by atoms with Crippen LogP contribution in [0.2, 0.25) is 10.0 Å². The first-order valence-electron chi connectivity index (χ1n) is 8.85. The summed E-state index contributed by atoms with van der Waals surface area (Å²) in [6.07, 6.45) is 1.34. The molecule has 2 aromatic rings. The first kappa shape index (κ1) is 22.5. The van der Waals surface area contributed by atoms with Gasteiger partial charge in [0.05, 0.1) is 18.0 Å². The Kier molecular flexibility index (Phi) is 7.37. The summed E-state index contributed by atoms with van der Waals surface area (Å²) in [6, 6.07) is 11.1. The summed E-state index contributed by atoms with van der Waals surface area (Å²) in [6.45, 7) is 5.60. The van der Waals surface area contributed by atoms with Crippen LogP contribution in [0.15, 0.2) is 42.5 Å². The summed E-state index contributed by atoms with van der Waals surface area (Å²) >= 11 is 12.1. The lowest BCUT2D eigenvalue weighted by molar-refractivity contribution is -0.122. The lowest BCUT2D eigenvalue weighted by Crippen LogP contribution is -2.49. The van der Waals surface area contributed by atoms with Crippen molar-refractivity contribution in [1.82, 2.24) is 5.32 Å². The van der Waals surface area contributed by atoms with Gasteiger partial charge in [-0.1, -0.05) is 60.0 Å². The molecule has 0 bridgehead atoms. The molecule has 5 nitrogen and oxygen atoms in total. The summed E-state index contributed by atoms with van der Waals surface area (Å²) in [7, 11) is -3.76. The Labute approximate surface area is 176 Å². The average Bonchev–Trinajstić information content (AvgIpc) is 2.57. The maximum absolute atomic E-state index is 13.0. The third kappa shape index (κ3) is 5.63. The molecule has 0 aromatic heterocycles. The van der Waals surface area contributed by atoms with Crippen molar-refractivity contribution in [3.63, 3.8) is 0 Å². The van der Waals surface area contributed by atoms with Gasteiger partial charge in [-0.15, -0.1) is 0 Å². The van der Waals surface area contributed by atoms with Crippen molar-refractivity contribution >= 4 is 44.8 Å². The number of nitrogens with zero attached hydrogens (tertiary/aromatic N) is 1. The molecule has 1 N–H and O–H groups in total. The number of hydrogen-bond acceptors (Lipinski definition) is 3. The van der Waals surface area contributed by atoms with E-state index < -0.39 is 22.0 Å². The van der Waals surface area contributed by atoms with Gasteiger partial charge in [0, 0.05) is 10.0 Å². The minimum atomic E-state index is -3.76. The predicted molar refractivity (Wildman–Crippen MR) is 116 cm³/mol. The number of rotatable bonds is 7. The predicted octanol–water partition coefficient (Wildman–Crippen LogP) is 4.72. The molecule has 0 saturated carbocycles. The highest BCUT2D eigenvalue weighted by Crippen LogP contribution is 2.29. The van der Waals surface area contributed by atoms with E-state index in [0.717, 1.165) is 21.7 Å². The lowest BCUT2D eigenvalue weighted by atomic mass is 10.1. The number of nitrogens with one attached hydrogen (secondary N) is 1. The topological polar surface area (TPSA) is 66.5 Å². The number of hydrogen-bond donors (Lipinski definition) is 1. The smallest absolute Gasteiger partial charge is 0.244 e. The SMILES string of the molecule is CCC(C(=O)NC(C)c1ccc(C)cc1)N(c1cc(Cl)cc(Cl)c1)S(C)(=O)=O. The summed E-state index contributed by atoms with van der Waals surface area (Å²) in [5.74, 6) is -0.392. The number of amides is 1. The first-order chi connectivity index (χ1) is 13.0. The molecule has 2 rings (SSSR count). The molecule has 0 radical (unpaired) electrons. The van der Waals surface area contributed by atoms with E-state index in [9.17, 15) is 13.2 Å². The van der Waals surface area contributed by atoms with Crippen LogP contribution in [0.1, 0.15) is 37.4 Å². The maximum atomic E-state index is 13.0. The molecule has 0 spiro atoms. The van der Waals surface area contributed by atoms with E-state index in [1.165, 1.54) is 18.2 Å². The van der Waals surface area contributed by atoms with Crippen LogP contribution < -0.4 is 9.62 Å². The Morgan fingerprint density at radius 2 is 1.64 bits per heavy atom. The van der Waals surface area contributed by atoms with Crippen molar-refractivity contribution in [2.45, 2.75) is 39.3 Å². The van der Waals surface area contributed by atoms with E-state index in [-0.39, 0.29) is 18.2 Å². The number of carbonyl (C=O) groups is 1. The van der Waals surface area contributed by atoms with Crippen molar-refractivity contribution in [3.8, 4) is 0 Å². The van der Waals surface area contributed by atoms with Gasteiger partial charge in [-0.3, -0.25) is 9.10 Å². The zero-order chi connectivity index (χ0) is 21.1. The zero-order valence-electron chi connectivity index (χ0n) is 16.2. The number of aryl methyl sites for hydroxylation is 1. The summed E-state index contributed by atoms with van der Waals surface area (Å²) in [5.41, 5.74) is 2.31. The fraction of sp³-hybridized carbons (Fsp3) is 0.350. The first-order valence-corrected chi connectivity index (χ1v) is 11.5. The fourth-order valence-corrected chi connectivity index (χ4v) is 4.68. The van der Waals surface area contributed by atoms with Crippen LogP contribution in [0.5, 0.6) is 0 Å². The lowest BCUT2D eigenvalue weighted by Gasteiger charge is -2.31. The summed E-state index contributed by atoms with van der Waals surface area (Å²) in [4.78, 5) is 13.0. The Morgan fingerprint density at radius 3 is 2.11 bits per heavy atom. The molecule has 2 atom stereocenters. The summed E-state index contributed by atoms with van der Waals surface area (Å²) in [5, 5.41) is 3.49. The van der Waals surface area contributed by atoms with Gasteiger partial charge < -0.3 is 5.32 Å². The molecule has 2 unspecified atom stereocenters. The van der Waals surface area contributed by atoms with Gasteiger partial charge in [0.25, 0.3) is 0 Å². The van der Waals surface area contributed by atoms with Crippen molar-refractivity contribution in [2.24, 2.45) is 0 Å². The van der Waals surface area contributed by atoms with Gasteiger partial charge in [-0.25, -0.2) is 8.42 Å². The zero-order valence-corrected chi connectivity index (χ0v) is 18.6. The quantitative estimate of drug-likeness (QED) is 0.673. The van der Waals surface area contributed by atoms with Gasteiger partial charge in [0.15, 0.2) is 0 Å². The van der Waals surface area contributed by atoms with Gasteiger partial charge in [-0.2, -0.15) is 0 Å². The molecular formula is C20H24Cl2N2O3S. The van der Waals surface area contributed by atoms with Crippen molar-refractivity contribution in [3.05, 3.63) is 63.6 Å². The second-order valence-electron chi connectivity index (χ2n) is 6.75. The Bertz CT molecular complexity index is 926. The van der Waals surface area contributed by atoms with Gasteiger partial charge in [-0.05, 0) is 44.0 Å². The second kappa shape index (κ2) is 9.16. The van der Waals surface area contributed by atoms with Crippen LogP contribution in [0.4, 0.5) is 5.69 Å². The highest BCUT2D eigenvalue weighted by Gasteiger charge is 2.32. The van der Waals surface area contributed by atoms with Crippen LogP contribution in [0.25, 0.3) is 0 Å². The number of halogens is 2. The molecule has 1 amide bonds. The van der Waals surface area contributed by atoms with Crippen LogP contribution in [-0.4, -0.2) is 26.6 Å². The standard InChI is InChI=1S/C20H24Cl2N2O3S/c1-5-19(20(25)23-14(3)15-8-6-13(2)7-9-15)24(28(4,26)27)18-11-16(21)10-17(22)12-18/h6-12,14,19H,5H2,1-4H3,(H,23,25). The Hall–Kier alpha value is -1.76. The minimum Gasteiger partial charge on any atom is -0.348 e. The van der Waals surface area contributed by atoms with Crippen LogP contribution >= 0.6 is 23.2 Å². The molecule has 0 aliphatic rings. The molecule has 0 heterocycles. The molecule has 152 valence electrons. The van der Waals surface area contributed by atoms with Crippen LogP contribution in [-0.2, 0) is 14.8 Å². The van der Waals surface area contributed by atoms with Crippen molar-refractivity contribution in [1.29, 1.82) is 0 Å². The highest BCUT2D eigenvalue weighted by molar-refractivity contribution is 7.92. The van der Waals surface area contributed by atoms with Crippen LogP contribution in [0, 0.1) is 6.92 Å². The van der Waals surface area contributed by atoms with E-state index >= 15 is 0 Å². The van der Waals surface area contributed by atoms with Crippen molar-refractivity contribution < 1.29 is 13.2 Å². The van der Waals surface area contributed by atoms with E-state index in [1.807, 2.05) is 38.1 Å². The molecule has 0 fully saturated rings. The molecule has 0 aliphatic heterocycles. The van der Waals surface area contributed by atoms with E-state index in [1.54, 1.807) is 6.92 Å². The third-order valence-electron chi connectivity index (χ3n) is 4.37. The molecule has 2 aromatic carbocycles. The summed E-state index contributed by atoms with van der Waals surface area (Å²) < 4.78 is 26.1. The second-order valence-corrected chi connectivity index (χ2v) is 9.48. The molecular weight excluding hydrogens is 419 g/mol. The minimum absolute atomic E-state index is 0.255. The maximum Gasteiger partial charge on any atom is 0.244 e. The fourth-order valence-electron chi connectivity index (χ4n) is 2.97. The average molecular weight is 443 g/mol. The largest absolute Gasteiger partial charge is 0.348 e. The normalized spacial score (nSPS) is 13.6. The molecule has 28 heavy (non-hydrogen) atoms. The van der Waals surface area contributed by atoms with E-state index in [2.05, 4.69) is 5.32 Å². The van der Waals surface area contributed by atoms with Crippen molar-refractivity contribution in [2.75, 3.05) is 10.6 Å². The van der Waals surface area contributed by atoms with Crippen LogP contribution in [0.3, 0.4) is 0 Å². The third-order valence-corrected chi connectivity index (χ3v) is 5.98. The molecule has 0 saturated heterocycles. The highest BCUT2D eigenvalue weighted by atomic mass is 35.5. The van der Waals surface area contributed by atoms with E-state index in [4.69, 9.17) is 23.2 Å². The monoisotopic (exact) mass is 442 g/mol. The number of anilines is 1. The van der Waals surface area contributed by atoms with Gasteiger partial charge in [0.2, 0.25) is 15.9 Å². The number of carbonyl (C=O) groups excluding carboxylic acids is 1. The van der Waals surface area contributed by atoms with Gasteiger partial charge in [0.1, 0.15) is 6.04 Å². The Balaban J connectivity index is 2.34.